The first-order chi connectivity index (χ1) is 16.8. The average Bonchev–Trinajstić information content (AvgIpc) is 3.26. The maximum Gasteiger partial charge on any atom is 0.202 e. The van der Waals surface area contributed by atoms with Crippen molar-refractivity contribution in [3.05, 3.63) is 86.9 Å². The van der Waals surface area contributed by atoms with Crippen molar-refractivity contribution in [2.75, 3.05) is 7.11 Å². The van der Waals surface area contributed by atoms with Gasteiger partial charge < -0.3 is 4.74 Å². The molecule has 4 heteroatoms. The summed E-state index contributed by atoms with van der Waals surface area (Å²) in [6.45, 7) is 18.7. The Morgan fingerprint density at radius 2 is 1.60 bits per heavy atom. The molecule has 0 saturated heterocycles. The van der Waals surface area contributed by atoms with Gasteiger partial charge in [-0.3, -0.25) is 9.78 Å². The fraction of sp³-hybridized carbons (Fsp3) is 0.419. The quantitative estimate of drug-likeness (QED) is 0.306. The van der Waals surface area contributed by atoms with Crippen LogP contribution < -0.4 is 4.74 Å². The molecule has 3 aromatic rings. The number of methoxy groups -OCH3 is 1. The topological polar surface area (TPSA) is 39.2 Å². The summed E-state index contributed by atoms with van der Waals surface area (Å²) in [5, 5.41) is 0. The van der Waals surface area contributed by atoms with Crippen molar-refractivity contribution in [3.8, 4) is 5.75 Å². The first kappa shape index (κ1) is 32.3. The standard InChI is InChI=1S/C17H18O2S.C10H15N.2C2H6/c1-11(2)9-14-10-16(20-12(14)3)17(18)13-5-7-15(19-4)8-6-13;1-3-9(2)8-10-4-6-11-7-5-10;2*1-2/h5-10H,1-4H3;4-7,9H,3,8H2,1-2H3;2*1-2H3. The molecule has 0 amide bonds. The van der Waals surface area contributed by atoms with Crippen LogP contribution >= 0.6 is 11.3 Å². The predicted octanol–water partition coefficient (Wildman–Crippen LogP) is 9.44. The second-order valence-electron chi connectivity index (χ2n) is 7.97. The minimum Gasteiger partial charge on any atom is -0.497 e. The predicted molar refractivity (Wildman–Crippen MR) is 155 cm³/mol. The highest BCUT2D eigenvalue weighted by molar-refractivity contribution is 7.14. The van der Waals surface area contributed by atoms with Crippen LogP contribution in [0.3, 0.4) is 0 Å². The van der Waals surface area contributed by atoms with Crippen LogP contribution in [0.25, 0.3) is 6.08 Å². The van der Waals surface area contributed by atoms with Crippen molar-refractivity contribution in [2.45, 2.75) is 75.2 Å². The minimum absolute atomic E-state index is 0.0640. The highest BCUT2D eigenvalue weighted by Gasteiger charge is 2.13. The van der Waals surface area contributed by atoms with Gasteiger partial charge in [-0.05, 0) is 86.7 Å². The lowest BCUT2D eigenvalue weighted by Gasteiger charge is -2.06. The number of nitrogens with zero attached hydrogens (tertiary/aromatic N) is 1. The van der Waals surface area contributed by atoms with Crippen molar-refractivity contribution < 1.29 is 9.53 Å². The van der Waals surface area contributed by atoms with Crippen LogP contribution in [0.4, 0.5) is 0 Å². The number of ether oxygens (including phenoxy) is 1. The summed E-state index contributed by atoms with van der Waals surface area (Å²) in [7, 11) is 1.62. The van der Waals surface area contributed by atoms with Crippen LogP contribution in [0.15, 0.2) is 60.4 Å². The second-order valence-corrected chi connectivity index (χ2v) is 9.23. The summed E-state index contributed by atoms with van der Waals surface area (Å²) in [6, 6.07) is 13.4. The van der Waals surface area contributed by atoms with Crippen LogP contribution in [-0.4, -0.2) is 17.9 Å². The van der Waals surface area contributed by atoms with E-state index in [-0.39, 0.29) is 5.78 Å². The highest BCUT2D eigenvalue weighted by Crippen LogP contribution is 2.26. The maximum absolute atomic E-state index is 12.4. The number of carbonyl (C=O) groups excluding carboxylic acids is 1. The van der Waals surface area contributed by atoms with Gasteiger partial charge in [-0.1, -0.05) is 59.6 Å². The molecule has 0 radical (unpaired) electrons. The lowest BCUT2D eigenvalue weighted by atomic mass is 10.0. The van der Waals surface area contributed by atoms with E-state index in [0.29, 0.717) is 5.56 Å². The Balaban J connectivity index is 0.000000652. The molecular formula is C31H45NO2S. The molecule has 0 bridgehead atoms. The number of hydrogen-bond acceptors (Lipinski definition) is 4. The van der Waals surface area contributed by atoms with Crippen LogP contribution in [-0.2, 0) is 6.42 Å². The molecule has 0 fully saturated rings. The fourth-order valence-electron chi connectivity index (χ4n) is 3.01. The number of thiophene rings is 1. The summed E-state index contributed by atoms with van der Waals surface area (Å²) in [6.07, 6.45) is 8.26. The third-order valence-electron chi connectivity index (χ3n) is 5.01. The first-order valence-corrected chi connectivity index (χ1v) is 13.5. The molecule has 2 aromatic heterocycles. The average molecular weight is 496 g/mol. The van der Waals surface area contributed by atoms with Crippen molar-refractivity contribution in [3.63, 3.8) is 0 Å². The molecule has 35 heavy (non-hydrogen) atoms. The second kappa shape index (κ2) is 18.6. The van der Waals surface area contributed by atoms with Crippen molar-refractivity contribution in [1.29, 1.82) is 0 Å². The Bertz CT molecular complexity index is 985. The zero-order valence-electron chi connectivity index (χ0n) is 23.4. The lowest BCUT2D eigenvalue weighted by molar-refractivity contribution is 0.104. The first-order valence-electron chi connectivity index (χ1n) is 12.7. The largest absolute Gasteiger partial charge is 0.497 e. The molecule has 0 aliphatic carbocycles. The van der Waals surface area contributed by atoms with Crippen LogP contribution in [0, 0.1) is 12.8 Å². The van der Waals surface area contributed by atoms with E-state index < -0.39 is 0 Å². The fourth-order valence-corrected chi connectivity index (χ4v) is 3.97. The zero-order chi connectivity index (χ0) is 26.8. The molecule has 0 saturated carbocycles. The summed E-state index contributed by atoms with van der Waals surface area (Å²) >= 11 is 1.54. The Kier molecular flexibility index (Phi) is 17.1. The van der Waals surface area contributed by atoms with Gasteiger partial charge in [0.25, 0.3) is 0 Å². The van der Waals surface area contributed by atoms with Gasteiger partial charge >= 0.3 is 0 Å². The number of benzene rings is 1. The number of carbonyl (C=O) groups is 1. The van der Waals surface area contributed by atoms with Gasteiger partial charge in [-0.15, -0.1) is 11.3 Å². The molecule has 3 rings (SSSR count). The van der Waals surface area contributed by atoms with Gasteiger partial charge in [0.05, 0.1) is 12.0 Å². The normalized spacial score (nSPS) is 10.2. The van der Waals surface area contributed by atoms with Gasteiger partial charge in [0.2, 0.25) is 5.78 Å². The third-order valence-corrected chi connectivity index (χ3v) is 6.07. The van der Waals surface area contributed by atoms with E-state index in [2.05, 4.69) is 50.9 Å². The Hall–Kier alpha value is -2.72. The number of rotatable bonds is 7. The van der Waals surface area contributed by atoms with Gasteiger partial charge in [0.15, 0.2) is 0 Å². The number of hydrogen-bond donors (Lipinski definition) is 0. The Morgan fingerprint density at radius 3 is 2.09 bits per heavy atom. The molecule has 1 aromatic carbocycles. The van der Waals surface area contributed by atoms with Crippen molar-refractivity contribution >= 4 is 23.2 Å². The van der Waals surface area contributed by atoms with Crippen molar-refractivity contribution in [1.82, 2.24) is 4.98 Å². The summed E-state index contributed by atoms with van der Waals surface area (Å²) in [4.78, 5) is 18.4. The third kappa shape index (κ3) is 12.0. The van der Waals surface area contributed by atoms with Gasteiger partial charge in [-0.2, -0.15) is 0 Å². The zero-order valence-corrected chi connectivity index (χ0v) is 24.3. The van der Waals surface area contributed by atoms with Crippen LogP contribution in [0.1, 0.15) is 93.0 Å². The molecule has 1 unspecified atom stereocenters. The molecule has 192 valence electrons. The molecule has 2 heterocycles. The maximum atomic E-state index is 12.4. The number of aryl methyl sites for hydroxylation is 1. The molecule has 1 atom stereocenters. The lowest BCUT2D eigenvalue weighted by Crippen LogP contribution is -1.98. The summed E-state index contributed by atoms with van der Waals surface area (Å²) in [5.74, 6) is 1.61. The SMILES string of the molecule is CC.CC.CCC(C)Cc1ccncc1.COc1ccc(C(=O)c2cc(C=C(C)C)c(C)s2)cc1. The van der Waals surface area contributed by atoms with E-state index in [1.807, 2.05) is 65.2 Å². The Labute approximate surface area is 218 Å². The van der Waals surface area contributed by atoms with E-state index in [1.54, 1.807) is 30.6 Å². The number of allylic oxidation sites excluding steroid dienone is 1. The van der Waals surface area contributed by atoms with Gasteiger partial charge in [0, 0.05) is 22.8 Å². The van der Waals surface area contributed by atoms with Crippen LogP contribution in [0.2, 0.25) is 0 Å². The molecule has 0 aliphatic heterocycles. The molecule has 0 aliphatic rings. The Morgan fingerprint density at radius 1 is 1.03 bits per heavy atom. The minimum atomic E-state index is 0.0640. The van der Waals surface area contributed by atoms with E-state index in [0.717, 1.165) is 22.1 Å². The van der Waals surface area contributed by atoms with Gasteiger partial charge in [0.1, 0.15) is 5.75 Å². The molecule has 0 spiro atoms. The number of pyridine rings is 1. The molecular weight excluding hydrogens is 450 g/mol. The van der Waals surface area contributed by atoms with E-state index in [9.17, 15) is 4.79 Å². The van der Waals surface area contributed by atoms with E-state index in [1.165, 1.54) is 28.9 Å². The summed E-state index contributed by atoms with van der Waals surface area (Å²) < 4.78 is 5.11. The number of ketones is 1. The van der Waals surface area contributed by atoms with Crippen molar-refractivity contribution in [2.24, 2.45) is 5.92 Å². The van der Waals surface area contributed by atoms with E-state index >= 15 is 0 Å². The monoisotopic (exact) mass is 495 g/mol. The molecule has 3 nitrogen and oxygen atoms in total. The summed E-state index contributed by atoms with van der Waals surface area (Å²) in [5.41, 5.74) is 4.45. The number of aromatic nitrogens is 1. The smallest absolute Gasteiger partial charge is 0.202 e. The molecule has 0 N–H and O–H groups in total. The van der Waals surface area contributed by atoms with Crippen LogP contribution in [0.5, 0.6) is 5.75 Å². The van der Waals surface area contributed by atoms with Gasteiger partial charge in [-0.25, -0.2) is 0 Å². The van der Waals surface area contributed by atoms with E-state index in [4.69, 9.17) is 4.74 Å². The highest BCUT2D eigenvalue weighted by atomic mass is 32.1.